The van der Waals surface area contributed by atoms with Crippen LogP contribution in [0.4, 0.5) is 0 Å². The Bertz CT molecular complexity index is 629. The van der Waals surface area contributed by atoms with Crippen molar-refractivity contribution in [3.8, 4) is 0 Å². The number of aliphatic hydroxyl groups excluding tert-OH is 1. The van der Waals surface area contributed by atoms with Crippen LogP contribution in [0, 0.1) is 0 Å². The summed E-state index contributed by atoms with van der Waals surface area (Å²) in [6, 6.07) is 10.0. The molecule has 0 aliphatic heterocycles. The Balaban J connectivity index is 2.28. The van der Waals surface area contributed by atoms with Crippen LogP contribution in [0.1, 0.15) is 148 Å². The highest BCUT2D eigenvalue weighted by Gasteiger charge is 2.37. The number of ether oxygens (including phenoxy) is 2. The summed E-state index contributed by atoms with van der Waals surface area (Å²) < 4.78 is 11.8. The quantitative estimate of drug-likeness (QED) is 0.0746. The van der Waals surface area contributed by atoms with Crippen molar-refractivity contribution < 1.29 is 19.7 Å². The van der Waals surface area contributed by atoms with E-state index in [4.69, 9.17) is 9.47 Å². The molecule has 0 radical (unpaired) electrons. The molecule has 2 unspecified atom stereocenters. The molecule has 39 heavy (non-hydrogen) atoms. The lowest BCUT2D eigenvalue weighted by atomic mass is 10.1. The molecule has 1 rings (SSSR count). The van der Waals surface area contributed by atoms with Gasteiger partial charge >= 0.3 is 0 Å². The van der Waals surface area contributed by atoms with E-state index in [0.29, 0.717) is 19.0 Å². The molecule has 0 aliphatic rings. The number of benzene rings is 1. The summed E-state index contributed by atoms with van der Waals surface area (Å²) in [6.07, 6.45) is 25.3. The van der Waals surface area contributed by atoms with Crippen LogP contribution in [0.2, 0.25) is 0 Å². The molecule has 0 fully saturated rings. The zero-order chi connectivity index (χ0) is 28.3. The molecule has 1 aromatic carbocycles. The molecule has 5 heteroatoms. The Morgan fingerprint density at radius 3 is 1.56 bits per heavy atom. The molecule has 0 aromatic heterocycles. The van der Waals surface area contributed by atoms with Crippen LogP contribution in [0.25, 0.3) is 0 Å². The molecular weight excluding hydrogens is 504 g/mol. The van der Waals surface area contributed by atoms with Gasteiger partial charge in [-0.05, 0) is 18.4 Å². The van der Waals surface area contributed by atoms with Crippen LogP contribution in [-0.4, -0.2) is 41.3 Å². The van der Waals surface area contributed by atoms with Gasteiger partial charge in [-0.25, -0.2) is 0 Å². The van der Waals surface area contributed by atoms with Crippen molar-refractivity contribution in [2.45, 2.75) is 159 Å². The molecule has 2 N–H and O–H groups in total. The van der Waals surface area contributed by atoms with Gasteiger partial charge in [0.05, 0.1) is 6.61 Å². The van der Waals surface area contributed by atoms with Crippen LogP contribution in [0.5, 0.6) is 0 Å². The molecule has 0 spiro atoms. The Labute approximate surface area is 246 Å². The van der Waals surface area contributed by atoms with Gasteiger partial charge in [0.2, 0.25) is 5.79 Å². The number of thioether (sulfide) groups is 1. The van der Waals surface area contributed by atoms with E-state index in [1.165, 1.54) is 114 Å². The standard InChI is InChI=1S/C34H62O4S/c1-3-5-7-9-11-13-15-17-19-24-28-37-31-34(36,33(35)39-30-32-26-22-21-23-27-32)38-29-25-20-18-16-14-12-10-8-6-4-2/h21-23,26-27,33,35-36H,3-20,24-25,28-31H2,1-2H3. The van der Waals surface area contributed by atoms with Gasteiger partial charge in [0.25, 0.3) is 0 Å². The van der Waals surface area contributed by atoms with Crippen molar-refractivity contribution in [3.63, 3.8) is 0 Å². The highest BCUT2D eigenvalue weighted by molar-refractivity contribution is 7.99. The summed E-state index contributed by atoms with van der Waals surface area (Å²) in [5, 5.41) is 22.1. The maximum absolute atomic E-state index is 11.2. The van der Waals surface area contributed by atoms with E-state index in [0.717, 1.165) is 31.2 Å². The second-order valence-electron chi connectivity index (χ2n) is 11.3. The van der Waals surface area contributed by atoms with Crippen LogP contribution in [0.15, 0.2) is 30.3 Å². The first-order valence-electron chi connectivity index (χ1n) is 16.4. The predicted molar refractivity (Wildman–Crippen MR) is 169 cm³/mol. The number of aliphatic hydroxyl groups is 2. The number of rotatable bonds is 29. The van der Waals surface area contributed by atoms with E-state index in [1.807, 2.05) is 30.3 Å². The average Bonchev–Trinajstić information content (AvgIpc) is 2.95. The van der Waals surface area contributed by atoms with Gasteiger partial charge in [-0.1, -0.05) is 160 Å². The zero-order valence-corrected chi connectivity index (χ0v) is 26.4. The molecule has 0 saturated carbocycles. The zero-order valence-electron chi connectivity index (χ0n) is 25.6. The Morgan fingerprint density at radius 2 is 1.08 bits per heavy atom. The van der Waals surface area contributed by atoms with Crippen molar-refractivity contribution in [2.75, 3.05) is 19.8 Å². The summed E-state index contributed by atoms with van der Waals surface area (Å²) in [5.74, 6) is -1.07. The largest absolute Gasteiger partial charge is 0.377 e. The van der Waals surface area contributed by atoms with Crippen molar-refractivity contribution in [2.24, 2.45) is 0 Å². The SMILES string of the molecule is CCCCCCCCCCCCOCC(O)(OCCCCCCCCCCCC)C(O)SCc1ccccc1. The minimum absolute atomic E-state index is 0.00510. The second kappa shape index (κ2) is 26.3. The van der Waals surface area contributed by atoms with Gasteiger partial charge in [-0.15, -0.1) is 11.8 Å². The minimum atomic E-state index is -1.68. The van der Waals surface area contributed by atoms with Gasteiger partial charge in [-0.2, -0.15) is 0 Å². The van der Waals surface area contributed by atoms with E-state index < -0.39 is 11.2 Å². The first kappa shape index (κ1) is 36.4. The molecule has 0 amide bonds. The highest BCUT2D eigenvalue weighted by atomic mass is 32.2. The van der Waals surface area contributed by atoms with Crippen LogP contribution >= 0.6 is 11.8 Å². The monoisotopic (exact) mass is 566 g/mol. The summed E-state index contributed by atoms with van der Waals surface area (Å²) in [5.41, 5.74) is 0.0541. The Hall–Kier alpha value is -0.590. The third-order valence-corrected chi connectivity index (χ3v) is 8.62. The summed E-state index contributed by atoms with van der Waals surface area (Å²) in [6.45, 7) is 5.56. The van der Waals surface area contributed by atoms with Crippen molar-refractivity contribution in [1.82, 2.24) is 0 Å². The van der Waals surface area contributed by atoms with Crippen molar-refractivity contribution >= 4 is 11.8 Å². The maximum atomic E-state index is 11.2. The molecule has 0 heterocycles. The molecule has 228 valence electrons. The van der Waals surface area contributed by atoms with Gasteiger partial charge in [0, 0.05) is 12.4 Å². The Kier molecular flexibility index (Phi) is 24.6. The normalized spacial score (nSPS) is 13.9. The van der Waals surface area contributed by atoms with Crippen LogP contribution < -0.4 is 0 Å². The average molecular weight is 567 g/mol. The summed E-state index contributed by atoms with van der Waals surface area (Å²) >= 11 is 1.30. The van der Waals surface area contributed by atoms with Gasteiger partial charge in [0.15, 0.2) is 5.44 Å². The van der Waals surface area contributed by atoms with Gasteiger partial charge in [0.1, 0.15) is 6.61 Å². The van der Waals surface area contributed by atoms with E-state index in [2.05, 4.69) is 13.8 Å². The summed E-state index contributed by atoms with van der Waals surface area (Å²) in [4.78, 5) is 0. The molecule has 2 atom stereocenters. The van der Waals surface area contributed by atoms with E-state index in [1.54, 1.807) is 0 Å². The second-order valence-corrected chi connectivity index (χ2v) is 12.3. The summed E-state index contributed by atoms with van der Waals surface area (Å²) in [7, 11) is 0. The number of unbranched alkanes of at least 4 members (excludes halogenated alkanes) is 18. The van der Waals surface area contributed by atoms with Crippen LogP contribution in [0.3, 0.4) is 0 Å². The first-order chi connectivity index (χ1) is 19.1. The highest BCUT2D eigenvalue weighted by Crippen LogP contribution is 2.27. The topological polar surface area (TPSA) is 58.9 Å². The fraction of sp³-hybridized carbons (Fsp3) is 0.824. The molecular formula is C34H62O4S. The van der Waals surface area contributed by atoms with Crippen LogP contribution in [-0.2, 0) is 15.2 Å². The molecule has 0 bridgehead atoms. The Morgan fingerprint density at radius 1 is 0.641 bits per heavy atom. The fourth-order valence-electron chi connectivity index (χ4n) is 4.81. The number of hydrogen-bond donors (Lipinski definition) is 2. The molecule has 4 nitrogen and oxygen atoms in total. The first-order valence-corrected chi connectivity index (χ1v) is 17.4. The van der Waals surface area contributed by atoms with E-state index in [-0.39, 0.29) is 6.61 Å². The molecule has 1 aromatic rings. The van der Waals surface area contributed by atoms with Gasteiger partial charge < -0.3 is 19.7 Å². The minimum Gasteiger partial charge on any atom is -0.377 e. The molecule has 0 aliphatic carbocycles. The van der Waals surface area contributed by atoms with Crippen molar-refractivity contribution in [1.29, 1.82) is 0 Å². The third kappa shape index (κ3) is 20.9. The van der Waals surface area contributed by atoms with Gasteiger partial charge in [-0.3, -0.25) is 0 Å². The lowest BCUT2D eigenvalue weighted by Gasteiger charge is -2.32. The van der Waals surface area contributed by atoms with E-state index >= 15 is 0 Å². The lowest BCUT2D eigenvalue weighted by molar-refractivity contribution is -0.259. The smallest absolute Gasteiger partial charge is 0.226 e. The van der Waals surface area contributed by atoms with E-state index in [9.17, 15) is 10.2 Å². The predicted octanol–water partition coefficient (Wildman–Crippen LogP) is 9.80. The van der Waals surface area contributed by atoms with Crippen molar-refractivity contribution in [3.05, 3.63) is 35.9 Å². The third-order valence-electron chi connectivity index (χ3n) is 7.44. The lowest BCUT2D eigenvalue weighted by Crippen LogP contribution is -2.48. The number of hydrogen-bond acceptors (Lipinski definition) is 5. The maximum Gasteiger partial charge on any atom is 0.226 e. The fourth-order valence-corrected chi connectivity index (χ4v) is 5.75. The molecule has 0 saturated heterocycles.